The first kappa shape index (κ1) is 10.6. The molecule has 0 N–H and O–H groups in total. The Morgan fingerprint density at radius 3 is 2.30 bits per heavy atom. The van der Waals surface area contributed by atoms with Crippen LogP contribution in [0.2, 0.25) is 0 Å². The molecule has 2 nitrogen and oxygen atoms in total. The Hall–Kier alpha value is 0.620. The van der Waals surface area contributed by atoms with Crippen molar-refractivity contribution in [2.24, 2.45) is 0 Å². The third-order valence-electron chi connectivity index (χ3n) is 0.843. The second-order valence-electron chi connectivity index (χ2n) is 1.75. The van der Waals surface area contributed by atoms with Crippen molar-refractivity contribution in [1.82, 2.24) is 0 Å². The summed E-state index contributed by atoms with van der Waals surface area (Å²) in [6.45, 7) is 4.56. The van der Waals surface area contributed by atoms with Crippen molar-refractivity contribution in [2.45, 2.75) is 11.5 Å². The molecule has 0 aromatic carbocycles. The maximum atomic E-state index is 5.12. The van der Waals surface area contributed by atoms with Gasteiger partial charge in [0, 0.05) is 6.61 Å². The van der Waals surface area contributed by atoms with Gasteiger partial charge in [-0.2, -0.15) is 25.3 Å². The van der Waals surface area contributed by atoms with Gasteiger partial charge in [0.05, 0.1) is 24.4 Å². The fourth-order valence-corrected chi connectivity index (χ4v) is 0.662. The van der Waals surface area contributed by atoms with Crippen molar-refractivity contribution in [1.29, 1.82) is 0 Å². The molecule has 0 atom stereocenters. The number of rotatable bonds is 6. The zero-order chi connectivity index (χ0) is 7.82. The minimum atomic E-state index is 0.0154. The molecule has 0 aliphatic rings. The van der Waals surface area contributed by atoms with E-state index in [1.54, 1.807) is 0 Å². The van der Waals surface area contributed by atoms with E-state index in [0.29, 0.717) is 19.8 Å². The second kappa shape index (κ2) is 7.72. The maximum Gasteiger partial charge on any atom is 0.0701 e. The fraction of sp³-hybridized carbons (Fsp3) is 1.00. The van der Waals surface area contributed by atoms with E-state index in [0.717, 1.165) is 6.61 Å². The molecular formula is C6H14O2S2. The summed E-state index contributed by atoms with van der Waals surface area (Å²) in [5.74, 6) is 0. The van der Waals surface area contributed by atoms with Gasteiger partial charge in [-0.05, 0) is 6.92 Å². The Bertz CT molecular complexity index is 68.8. The van der Waals surface area contributed by atoms with Gasteiger partial charge in [0.25, 0.3) is 0 Å². The highest BCUT2D eigenvalue weighted by atomic mass is 32.2. The van der Waals surface area contributed by atoms with Crippen molar-refractivity contribution < 1.29 is 9.47 Å². The van der Waals surface area contributed by atoms with E-state index in [1.165, 1.54) is 0 Å². The first-order valence-corrected chi connectivity index (χ1v) is 4.32. The zero-order valence-electron chi connectivity index (χ0n) is 6.12. The molecule has 0 radical (unpaired) electrons. The summed E-state index contributed by atoms with van der Waals surface area (Å²) in [7, 11) is 0. The Morgan fingerprint density at radius 1 is 1.20 bits per heavy atom. The van der Waals surface area contributed by atoms with Crippen LogP contribution in [0.25, 0.3) is 0 Å². The van der Waals surface area contributed by atoms with E-state index in [4.69, 9.17) is 9.47 Å². The van der Waals surface area contributed by atoms with E-state index in [1.807, 2.05) is 6.92 Å². The van der Waals surface area contributed by atoms with Crippen LogP contribution in [0.4, 0.5) is 0 Å². The van der Waals surface area contributed by atoms with Gasteiger partial charge in [-0.25, -0.2) is 0 Å². The molecule has 0 heterocycles. The van der Waals surface area contributed by atoms with Crippen LogP contribution in [0.1, 0.15) is 6.92 Å². The van der Waals surface area contributed by atoms with Crippen LogP contribution in [0.15, 0.2) is 0 Å². The average molecular weight is 182 g/mol. The van der Waals surface area contributed by atoms with Gasteiger partial charge in [-0.1, -0.05) is 0 Å². The van der Waals surface area contributed by atoms with Crippen LogP contribution >= 0.6 is 25.3 Å². The highest BCUT2D eigenvalue weighted by Gasteiger charge is 1.93. The van der Waals surface area contributed by atoms with Crippen LogP contribution in [0.5, 0.6) is 0 Å². The van der Waals surface area contributed by atoms with Crippen LogP contribution in [-0.2, 0) is 9.47 Å². The summed E-state index contributed by atoms with van der Waals surface area (Å²) in [6, 6.07) is 0. The Kier molecular flexibility index (Phi) is 8.20. The third kappa shape index (κ3) is 8.62. The molecule has 0 aromatic rings. The van der Waals surface area contributed by atoms with E-state index >= 15 is 0 Å². The first-order valence-electron chi connectivity index (χ1n) is 3.29. The van der Waals surface area contributed by atoms with Gasteiger partial charge in [0.15, 0.2) is 0 Å². The maximum absolute atomic E-state index is 5.12. The van der Waals surface area contributed by atoms with E-state index < -0.39 is 0 Å². The first-order chi connectivity index (χ1) is 4.77. The molecule has 0 saturated heterocycles. The average Bonchev–Trinajstić information content (AvgIpc) is 1.87. The molecule has 0 bridgehead atoms. The van der Waals surface area contributed by atoms with E-state index in [9.17, 15) is 0 Å². The van der Waals surface area contributed by atoms with Crippen molar-refractivity contribution >= 4 is 25.3 Å². The SMILES string of the molecule is CCOCCOCC(S)S. The van der Waals surface area contributed by atoms with Crippen LogP contribution in [0.3, 0.4) is 0 Å². The van der Waals surface area contributed by atoms with Gasteiger partial charge < -0.3 is 9.47 Å². The molecule has 0 aliphatic carbocycles. The molecule has 0 fully saturated rings. The van der Waals surface area contributed by atoms with E-state index in [-0.39, 0.29) is 4.58 Å². The molecule has 0 spiro atoms. The summed E-state index contributed by atoms with van der Waals surface area (Å²) < 4.78 is 10.2. The van der Waals surface area contributed by atoms with Gasteiger partial charge in [-0.15, -0.1) is 0 Å². The standard InChI is InChI=1S/C6H14O2S2/c1-2-7-3-4-8-5-6(9)10/h6,9-10H,2-5H2,1H3. The minimum Gasteiger partial charge on any atom is -0.379 e. The van der Waals surface area contributed by atoms with Crippen molar-refractivity contribution in [3.63, 3.8) is 0 Å². The van der Waals surface area contributed by atoms with Crippen molar-refractivity contribution in [3.8, 4) is 0 Å². The molecule has 0 amide bonds. The molecule has 0 unspecified atom stereocenters. The lowest BCUT2D eigenvalue weighted by atomic mass is 10.7. The minimum absolute atomic E-state index is 0.0154. The molecule has 0 rings (SSSR count). The molecule has 62 valence electrons. The summed E-state index contributed by atoms with van der Waals surface area (Å²) >= 11 is 8.04. The lowest BCUT2D eigenvalue weighted by Gasteiger charge is -2.04. The molecule has 0 aromatic heterocycles. The lowest BCUT2D eigenvalue weighted by Crippen LogP contribution is -2.08. The van der Waals surface area contributed by atoms with Crippen LogP contribution in [-0.4, -0.2) is 31.0 Å². The highest BCUT2D eigenvalue weighted by Crippen LogP contribution is 1.98. The fourth-order valence-electron chi connectivity index (χ4n) is 0.451. The Balaban J connectivity index is 2.77. The van der Waals surface area contributed by atoms with Crippen LogP contribution in [0, 0.1) is 0 Å². The van der Waals surface area contributed by atoms with Gasteiger partial charge >= 0.3 is 0 Å². The summed E-state index contributed by atoms with van der Waals surface area (Å²) in [4.78, 5) is 0. The number of thiol groups is 2. The second-order valence-corrected chi connectivity index (χ2v) is 3.41. The van der Waals surface area contributed by atoms with E-state index in [2.05, 4.69) is 25.3 Å². The molecular weight excluding hydrogens is 168 g/mol. The van der Waals surface area contributed by atoms with Gasteiger partial charge in [-0.3, -0.25) is 0 Å². The predicted molar refractivity (Wildman–Crippen MR) is 49.1 cm³/mol. The van der Waals surface area contributed by atoms with Crippen molar-refractivity contribution in [2.75, 3.05) is 26.4 Å². The van der Waals surface area contributed by atoms with Crippen molar-refractivity contribution in [3.05, 3.63) is 0 Å². The van der Waals surface area contributed by atoms with Gasteiger partial charge in [0.2, 0.25) is 0 Å². The molecule has 10 heavy (non-hydrogen) atoms. The topological polar surface area (TPSA) is 18.5 Å². The highest BCUT2D eigenvalue weighted by molar-refractivity contribution is 7.99. The number of hydrogen-bond donors (Lipinski definition) is 2. The molecule has 0 saturated carbocycles. The summed E-state index contributed by atoms with van der Waals surface area (Å²) in [5.41, 5.74) is 0. The third-order valence-corrected chi connectivity index (χ3v) is 1.14. The van der Waals surface area contributed by atoms with Gasteiger partial charge in [0.1, 0.15) is 0 Å². The predicted octanol–water partition coefficient (Wildman–Crippen LogP) is 1.23. The van der Waals surface area contributed by atoms with Crippen LogP contribution < -0.4 is 0 Å². The smallest absolute Gasteiger partial charge is 0.0701 e. The monoisotopic (exact) mass is 182 g/mol. The largest absolute Gasteiger partial charge is 0.379 e. The summed E-state index contributed by atoms with van der Waals surface area (Å²) in [6.07, 6.45) is 0. The number of hydrogen-bond acceptors (Lipinski definition) is 4. The Morgan fingerprint density at radius 2 is 1.80 bits per heavy atom. The lowest BCUT2D eigenvalue weighted by molar-refractivity contribution is 0.0580. The summed E-state index contributed by atoms with van der Waals surface area (Å²) in [5, 5.41) is 0. The quantitative estimate of drug-likeness (QED) is 0.366. The molecule has 0 aliphatic heterocycles. The normalized spacial score (nSPS) is 10.8. The number of ether oxygens (including phenoxy) is 2. The molecule has 4 heteroatoms. The zero-order valence-corrected chi connectivity index (χ0v) is 7.91. The Labute approximate surface area is 73.1 Å².